The van der Waals surface area contributed by atoms with Gasteiger partial charge in [-0.3, -0.25) is 14.8 Å². The maximum atomic E-state index is 13.0. The maximum Gasteiger partial charge on any atom is 0.418 e. The number of nitrogens with one attached hydrogen (secondary N) is 2. The Balaban J connectivity index is 1.79. The minimum Gasteiger partial charge on any atom is -0.296 e. The second-order valence-electron chi connectivity index (χ2n) is 5.48. The van der Waals surface area contributed by atoms with Crippen LogP contribution in [-0.2, 0) is 16.2 Å². The SMILES string of the molecule is O=C(Nc1nnc(S(=O)(=O)Nc2ccccc2C(F)(F)F)s1)c1ccc(Cl)cc1. The average molecular weight is 463 g/mol. The van der Waals surface area contributed by atoms with Crippen LogP contribution in [0.25, 0.3) is 0 Å². The molecule has 1 amide bonds. The molecule has 7 nitrogen and oxygen atoms in total. The normalized spacial score (nSPS) is 11.9. The second-order valence-corrected chi connectivity index (χ2v) is 8.75. The molecule has 0 saturated carbocycles. The van der Waals surface area contributed by atoms with Crippen molar-refractivity contribution in [2.75, 3.05) is 10.0 Å². The van der Waals surface area contributed by atoms with Crippen LogP contribution in [0.3, 0.4) is 0 Å². The summed E-state index contributed by atoms with van der Waals surface area (Å²) in [5.74, 6) is -0.586. The molecule has 2 aromatic carbocycles. The molecule has 3 rings (SSSR count). The van der Waals surface area contributed by atoms with E-state index in [-0.39, 0.29) is 10.7 Å². The number of rotatable bonds is 5. The topological polar surface area (TPSA) is 101 Å². The van der Waals surface area contributed by atoms with Gasteiger partial charge in [0.05, 0.1) is 11.3 Å². The van der Waals surface area contributed by atoms with Gasteiger partial charge in [0.1, 0.15) is 0 Å². The molecular weight excluding hydrogens is 453 g/mol. The lowest BCUT2D eigenvalue weighted by molar-refractivity contribution is -0.136. The number of aromatic nitrogens is 2. The zero-order chi connectivity index (χ0) is 21.2. The molecular formula is C16H10ClF3N4O3S2. The Morgan fingerprint density at radius 1 is 1.03 bits per heavy atom. The summed E-state index contributed by atoms with van der Waals surface area (Å²) >= 11 is 6.23. The third-order valence-electron chi connectivity index (χ3n) is 3.44. The molecule has 1 heterocycles. The number of alkyl halides is 3. The van der Waals surface area contributed by atoms with E-state index in [2.05, 4.69) is 15.5 Å². The number of carbonyl (C=O) groups is 1. The molecule has 3 aromatic rings. The Bertz CT molecular complexity index is 1150. The van der Waals surface area contributed by atoms with Crippen molar-refractivity contribution < 1.29 is 26.4 Å². The predicted octanol–water partition coefficient (Wildman–Crippen LogP) is 4.26. The number of para-hydroxylation sites is 1. The molecule has 0 aliphatic rings. The average Bonchev–Trinajstić information content (AvgIpc) is 3.11. The zero-order valence-corrected chi connectivity index (χ0v) is 16.5. The van der Waals surface area contributed by atoms with Crippen molar-refractivity contribution in [2.24, 2.45) is 0 Å². The summed E-state index contributed by atoms with van der Waals surface area (Å²) in [4.78, 5) is 12.1. The van der Waals surface area contributed by atoms with Gasteiger partial charge in [-0.15, -0.1) is 10.2 Å². The van der Waals surface area contributed by atoms with Crippen LogP contribution in [-0.4, -0.2) is 24.5 Å². The van der Waals surface area contributed by atoms with Crippen LogP contribution >= 0.6 is 22.9 Å². The Labute approximate surface area is 171 Å². The number of hydrogen-bond acceptors (Lipinski definition) is 6. The lowest BCUT2D eigenvalue weighted by atomic mass is 10.2. The van der Waals surface area contributed by atoms with Gasteiger partial charge in [0.15, 0.2) is 0 Å². The number of benzene rings is 2. The van der Waals surface area contributed by atoms with Crippen molar-refractivity contribution in [1.82, 2.24) is 10.2 Å². The molecule has 0 radical (unpaired) electrons. The Morgan fingerprint density at radius 3 is 2.34 bits per heavy atom. The molecule has 13 heteroatoms. The lowest BCUT2D eigenvalue weighted by Gasteiger charge is -2.13. The van der Waals surface area contributed by atoms with Crippen molar-refractivity contribution in [2.45, 2.75) is 10.5 Å². The van der Waals surface area contributed by atoms with E-state index < -0.39 is 37.7 Å². The van der Waals surface area contributed by atoms with Crippen molar-refractivity contribution in [3.05, 3.63) is 64.7 Å². The van der Waals surface area contributed by atoms with Gasteiger partial charge in [0, 0.05) is 10.6 Å². The fourth-order valence-corrected chi connectivity index (χ4v) is 4.25. The van der Waals surface area contributed by atoms with E-state index in [0.717, 1.165) is 18.2 Å². The maximum absolute atomic E-state index is 13.0. The van der Waals surface area contributed by atoms with Crippen LogP contribution in [0.15, 0.2) is 52.9 Å². The number of carbonyl (C=O) groups excluding carboxylic acids is 1. The van der Waals surface area contributed by atoms with E-state index in [9.17, 15) is 26.4 Å². The molecule has 152 valence electrons. The molecule has 0 aliphatic heterocycles. The van der Waals surface area contributed by atoms with Gasteiger partial charge in [-0.2, -0.15) is 21.6 Å². The van der Waals surface area contributed by atoms with E-state index in [1.165, 1.54) is 30.3 Å². The number of anilines is 2. The standard InChI is InChI=1S/C16H10ClF3N4O3S2/c17-10-7-5-9(6-8-10)13(25)21-14-22-23-15(28-14)29(26,27)24-12-4-2-1-3-11(12)16(18,19)20/h1-8,24H,(H,21,22,25). The second kappa shape index (κ2) is 7.97. The minimum absolute atomic E-state index is 0.144. The molecule has 0 saturated heterocycles. The largest absolute Gasteiger partial charge is 0.418 e. The molecule has 0 unspecified atom stereocenters. The summed E-state index contributed by atoms with van der Waals surface area (Å²) in [6.07, 6.45) is -4.75. The molecule has 0 aliphatic carbocycles. The van der Waals surface area contributed by atoms with Crippen LogP contribution in [0.2, 0.25) is 5.02 Å². The third kappa shape index (κ3) is 5.02. The van der Waals surface area contributed by atoms with E-state index in [1.54, 1.807) is 0 Å². The van der Waals surface area contributed by atoms with Gasteiger partial charge in [0.25, 0.3) is 20.3 Å². The molecule has 0 fully saturated rings. The number of sulfonamides is 1. The molecule has 1 aromatic heterocycles. The fraction of sp³-hybridized carbons (Fsp3) is 0.0625. The third-order valence-corrected chi connectivity index (χ3v) is 6.26. The highest BCUT2D eigenvalue weighted by Gasteiger charge is 2.34. The van der Waals surface area contributed by atoms with Gasteiger partial charge in [-0.05, 0) is 36.4 Å². The minimum atomic E-state index is -4.75. The van der Waals surface area contributed by atoms with Gasteiger partial charge >= 0.3 is 6.18 Å². The molecule has 0 spiro atoms. The smallest absolute Gasteiger partial charge is 0.296 e. The first-order valence-corrected chi connectivity index (χ1v) is 10.3. The quantitative estimate of drug-likeness (QED) is 0.552. The van der Waals surface area contributed by atoms with Crippen LogP contribution in [0.5, 0.6) is 0 Å². The zero-order valence-electron chi connectivity index (χ0n) is 14.1. The number of amides is 1. The van der Waals surface area contributed by atoms with Crippen molar-refractivity contribution in [3.63, 3.8) is 0 Å². The fourth-order valence-electron chi connectivity index (χ4n) is 2.15. The first-order chi connectivity index (χ1) is 13.6. The van der Waals surface area contributed by atoms with Gasteiger partial charge in [0.2, 0.25) is 5.13 Å². The summed E-state index contributed by atoms with van der Waals surface area (Å²) in [6.45, 7) is 0. The van der Waals surface area contributed by atoms with Crippen LogP contribution in [0, 0.1) is 0 Å². The highest BCUT2D eigenvalue weighted by Crippen LogP contribution is 2.35. The van der Waals surface area contributed by atoms with Crippen molar-refractivity contribution >= 4 is 49.7 Å². The lowest BCUT2D eigenvalue weighted by Crippen LogP contribution is -2.17. The molecule has 2 N–H and O–H groups in total. The van der Waals surface area contributed by atoms with E-state index in [1.807, 2.05) is 4.72 Å². The first-order valence-electron chi connectivity index (χ1n) is 7.66. The molecule has 0 bridgehead atoms. The van der Waals surface area contributed by atoms with Crippen LogP contribution in [0.1, 0.15) is 15.9 Å². The number of halogens is 4. The Morgan fingerprint density at radius 2 is 1.69 bits per heavy atom. The first kappa shape index (κ1) is 21.0. The van der Waals surface area contributed by atoms with Gasteiger partial charge in [-0.25, -0.2) is 0 Å². The molecule has 29 heavy (non-hydrogen) atoms. The van der Waals surface area contributed by atoms with Gasteiger partial charge < -0.3 is 0 Å². The number of hydrogen-bond donors (Lipinski definition) is 2. The Kier molecular flexibility index (Phi) is 5.78. The highest BCUT2D eigenvalue weighted by molar-refractivity contribution is 7.94. The summed E-state index contributed by atoms with van der Waals surface area (Å²) in [5.41, 5.74) is -1.56. The Hall–Kier alpha value is -2.70. The number of nitrogens with zero attached hydrogens (tertiary/aromatic N) is 2. The molecule has 0 atom stereocenters. The van der Waals surface area contributed by atoms with Crippen molar-refractivity contribution in [3.8, 4) is 0 Å². The van der Waals surface area contributed by atoms with Gasteiger partial charge in [-0.1, -0.05) is 35.1 Å². The monoisotopic (exact) mass is 462 g/mol. The summed E-state index contributed by atoms with van der Waals surface area (Å²) in [5, 5.41) is 9.63. The van der Waals surface area contributed by atoms with E-state index in [0.29, 0.717) is 16.4 Å². The van der Waals surface area contributed by atoms with Crippen molar-refractivity contribution in [1.29, 1.82) is 0 Å². The summed E-state index contributed by atoms with van der Waals surface area (Å²) in [6, 6.07) is 10.0. The van der Waals surface area contributed by atoms with E-state index >= 15 is 0 Å². The summed E-state index contributed by atoms with van der Waals surface area (Å²) < 4.78 is 65.1. The summed E-state index contributed by atoms with van der Waals surface area (Å²) in [7, 11) is -4.46. The van der Waals surface area contributed by atoms with Crippen LogP contribution < -0.4 is 10.0 Å². The highest BCUT2D eigenvalue weighted by atomic mass is 35.5. The van der Waals surface area contributed by atoms with Crippen LogP contribution in [0.4, 0.5) is 24.0 Å². The van der Waals surface area contributed by atoms with E-state index in [4.69, 9.17) is 11.6 Å². The predicted molar refractivity (Wildman–Crippen MR) is 102 cm³/mol.